The van der Waals surface area contributed by atoms with Gasteiger partial charge in [-0.2, -0.15) is 10.2 Å². The molecule has 7 rings (SSSR count). The lowest BCUT2D eigenvalue weighted by atomic mass is 10.1. The third kappa shape index (κ3) is 8.03. The fourth-order valence-electron chi connectivity index (χ4n) is 5.93. The molecule has 1 amide bonds. The second-order valence-corrected chi connectivity index (χ2v) is 12.6. The Hall–Kier alpha value is -7.07. The summed E-state index contributed by atoms with van der Waals surface area (Å²) in [5, 5.41) is 38.5. The summed E-state index contributed by atoms with van der Waals surface area (Å²) in [6, 6.07) is 41.4. The Bertz CT molecular complexity index is 2520. The van der Waals surface area contributed by atoms with E-state index in [1.165, 1.54) is 0 Å². The van der Waals surface area contributed by atoms with Crippen LogP contribution in [0.3, 0.4) is 0 Å². The summed E-state index contributed by atoms with van der Waals surface area (Å²) in [5.74, 6) is 1.08. The van der Waals surface area contributed by atoms with Gasteiger partial charge in [-0.3, -0.25) is 4.79 Å². The Balaban J connectivity index is 1.01. The van der Waals surface area contributed by atoms with Crippen molar-refractivity contribution in [2.75, 3.05) is 24.4 Å². The Morgan fingerprint density at radius 1 is 0.648 bits per heavy atom. The van der Waals surface area contributed by atoms with Gasteiger partial charge in [0.15, 0.2) is 5.75 Å². The summed E-state index contributed by atoms with van der Waals surface area (Å²) in [4.78, 5) is 13.0. The number of phenols is 1. The second-order valence-electron chi connectivity index (χ2n) is 12.6. The molecule has 268 valence electrons. The first-order valence-corrected chi connectivity index (χ1v) is 17.6. The number of carbonyl (C=O) groups excluding carboxylic acids is 1. The highest BCUT2D eigenvalue weighted by atomic mass is 16.5. The van der Waals surface area contributed by atoms with E-state index in [1.807, 2.05) is 97.9 Å². The van der Waals surface area contributed by atoms with Gasteiger partial charge in [0.05, 0.1) is 25.1 Å². The molecule has 0 heterocycles. The SMILES string of the molecule is CCCOc1cccc2cc(NC(=O)c3ccc(N=Nc4cc(OC)c(N=Nc5ccc6cc(Nc7ccccc7)ccc6c5O)cc4C)cc3)ccc12. The number of nitrogens with one attached hydrogen (secondary N) is 2. The summed E-state index contributed by atoms with van der Waals surface area (Å²) in [6.07, 6.45) is 0.928. The van der Waals surface area contributed by atoms with Crippen LogP contribution in [0.4, 0.5) is 39.8 Å². The second kappa shape index (κ2) is 16.1. The highest BCUT2D eigenvalue weighted by Gasteiger charge is 2.12. The van der Waals surface area contributed by atoms with Crippen molar-refractivity contribution in [2.45, 2.75) is 20.3 Å². The maximum Gasteiger partial charge on any atom is 0.255 e. The van der Waals surface area contributed by atoms with Gasteiger partial charge in [-0.1, -0.05) is 43.3 Å². The first kappa shape index (κ1) is 35.3. The Morgan fingerprint density at radius 2 is 1.37 bits per heavy atom. The number of fused-ring (bicyclic) bond motifs is 2. The molecule has 10 heteroatoms. The van der Waals surface area contributed by atoms with Crippen molar-refractivity contribution in [1.82, 2.24) is 0 Å². The van der Waals surface area contributed by atoms with Crippen LogP contribution in [0.1, 0.15) is 29.3 Å². The van der Waals surface area contributed by atoms with Crippen LogP contribution in [0.2, 0.25) is 0 Å². The average Bonchev–Trinajstić information content (AvgIpc) is 3.20. The quantitative estimate of drug-likeness (QED) is 0.108. The van der Waals surface area contributed by atoms with Crippen LogP contribution in [0.15, 0.2) is 154 Å². The van der Waals surface area contributed by atoms with Crippen LogP contribution in [0.25, 0.3) is 21.5 Å². The van der Waals surface area contributed by atoms with Gasteiger partial charge in [0.25, 0.3) is 5.91 Å². The Kier molecular flexibility index (Phi) is 10.5. The third-order valence-corrected chi connectivity index (χ3v) is 8.76. The van der Waals surface area contributed by atoms with Crippen molar-refractivity contribution in [3.63, 3.8) is 0 Å². The van der Waals surface area contributed by atoms with Gasteiger partial charge in [0, 0.05) is 39.5 Å². The number of ether oxygens (including phenoxy) is 2. The van der Waals surface area contributed by atoms with Gasteiger partial charge >= 0.3 is 0 Å². The molecule has 7 aromatic rings. The fourth-order valence-corrected chi connectivity index (χ4v) is 5.93. The number of hydrogen-bond acceptors (Lipinski definition) is 9. The lowest BCUT2D eigenvalue weighted by molar-refractivity contribution is 0.102. The average molecular weight is 715 g/mol. The lowest BCUT2D eigenvalue weighted by Crippen LogP contribution is -2.11. The number of amides is 1. The molecule has 0 aliphatic rings. The molecular formula is C44H38N6O4. The number of anilines is 3. The van der Waals surface area contributed by atoms with E-state index in [9.17, 15) is 9.90 Å². The van der Waals surface area contributed by atoms with Gasteiger partial charge in [-0.25, -0.2) is 0 Å². The molecule has 0 aromatic heterocycles. The molecule has 0 radical (unpaired) electrons. The molecule has 0 atom stereocenters. The van der Waals surface area contributed by atoms with E-state index in [0.717, 1.165) is 45.3 Å². The van der Waals surface area contributed by atoms with E-state index in [2.05, 4.69) is 38.0 Å². The van der Waals surface area contributed by atoms with E-state index in [0.29, 0.717) is 51.7 Å². The molecule has 0 bridgehead atoms. The molecule has 54 heavy (non-hydrogen) atoms. The normalized spacial score (nSPS) is 11.4. The van der Waals surface area contributed by atoms with Crippen LogP contribution in [0, 0.1) is 6.92 Å². The van der Waals surface area contributed by atoms with Crippen molar-refractivity contribution in [1.29, 1.82) is 0 Å². The molecular weight excluding hydrogens is 677 g/mol. The Morgan fingerprint density at radius 3 is 2.17 bits per heavy atom. The van der Waals surface area contributed by atoms with Crippen LogP contribution < -0.4 is 20.1 Å². The molecule has 0 spiro atoms. The van der Waals surface area contributed by atoms with Crippen molar-refractivity contribution in [3.8, 4) is 17.2 Å². The maximum absolute atomic E-state index is 13.0. The van der Waals surface area contributed by atoms with E-state index >= 15 is 0 Å². The number of azo groups is 2. The van der Waals surface area contributed by atoms with Gasteiger partial charge in [-0.05, 0) is 121 Å². The first-order valence-electron chi connectivity index (χ1n) is 17.6. The largest absolute Gasteiger partial charge is 0.505 e. The molecule has 0 unspecified atom stereocenters. The van der Waals surface area contributed by atoms with Crippen LogP contribution in [0.5, 0.6) is 17.2 Å². The van der Waals surface area contributed by atoms with Gasteiger partial charge < -0.3 is 25.2 Å². The molecule has 0 aliphatic heterocycles. The van der Waals surface area contributed by atoms with E-state index in [1.54, 1.807) is 49.6 Å². The van der Waals surface area contributed by atoms with Crippen LogP contribution in [-0.4, -0.2) is 24.7 Å². The zero-order chi connectivity index (χ0) is 37.4. The summed E-state index contributed by atoms with van der Waals surface area (Å²) < 4.78 is 11.5. The summed E-state index contributed by atoms with van der Waals surface area (Å²) >= 11 is 0. The van der Waals surface area contributed by atoms with Gasteiger partial charge in [-0.15, -0.1) is 10.2 Å². The van der Waals surface area contributed by atoms with Crippen molar-refractivity contribution < 1.29 is 19.4 Å². The molecule has 0 fully saturated rings. The zero-order valence-electron chi connectivity index (χ0n) is 30.1. The molecule has 3 N–H and O–H groups in total. The van der Waals surface area contributed by atoms with E-state index < -0.39 is 0 Å². The molecule has 0 saturated carbocycles. The minimum absolute atomic E-state index is 0.0348. The molecule has 0 saturated heterocycles. The fraction of sp³-hybridized carbons (Fsp3) is 0.114. The van der Waals surface area contributed by atoms with E-state index in [4.69, 9.17) is 9.47 Å². The van der Waals surface area contributed by atoms with Gasteiger partial charge in [0.2, 0.25) is 0 Å². The summed E-state index contributed by atoms with van der Waals surface area (Å²) in [5.41, 5.74) is 5.83. The number of hydrogen-bond donors (Lipinski definition) is 3. The number of rotatable bonds is 12. The van der Waals surface area contributed by atoms with Crippen molar-refractivity contribution >= 4 is 67.3 Å². The summed E-state index contributed by atoms with van der Waals surface area (Å²) in [7, 11) is 1.54. The third-order valence-electron chi connectivity index (χ3n) is 8.76. The number of methoxy groups -OCH3 is 1. The number of aryl methyl sites for hydroxylation is 1. The van der Waals surface area contributed by atoms with Crippen molar-refractivity contribution in [2.24, 2.45) is 20.5 Å². The van der Waals surface area contributed by atoms with Gasteiger partial charge in [0.1, 0.15) is 22.9 Å². The smallest absolute Gasteiger partial charge is 0.255 e. The predicted octanol–water partition coefficient (Wildman–Crippen LogP) is 12.6. The molecule has 0 aliphatic carbocycles. The zero-order valence-corrected chi connectivity index (χ0v) is 30.1. The topological polar surface area (TPSA) is 129 Å². The Labute approximate surface area is 312 Å². The number of phenolic OH excluding ortho intramolecular Hbond substituents is 1. The first-order chi connectivity index (χ1) is 26.4. The minimum atomic E-state index is -0.233. The number of nitrogens with zero attached hydrogens (tertiary/aromatic N) is 4. The van der Waals surface area contributed by atoms with Crippen LogP contribution >= 0.6 is 0 Å². The molecule has 7 aromatic carbocycles. The lowest BCUT2D eigenvalue weighted by Gasteiger charge is -2.10. The highest BCUT2D eigenvalue weighted by molar-refractivity contribution is 6.05. The molecule has 10 nitrogen and oxygen atoms in total. The number of benzene rings is 7. The highest BCUT2D eigenvalue weighted by Crippen LogP contribution is 2.40. The number of carbonyl (C=O) groups is 1. The number of aromatic hydroxyl groups is 1. The van der Waals surface area contributed by atoms with E-state index in [-0.39, 0.29) is 11.7 Å². The maximum atomic E-state index is 13.0. The standard InChI is InChI=1S/C44H38N6O4/c1-4-23-54-41-12-8-9-30-25-35(18-20-36(30)41)46-44(52)29-13-16-33(17-14-29)47-49-39-27-42(53-3)40(24-28(39)2)50-48-38-22-15-31-26-34(19-21-37(31)43(38)51)45-32-10-6-5-7-11-32/h5-22,24-27,45,51H,4,23H2,1-3H3,(H,46,52). The summed E-state index contributed by atoms with van der Waals surface area (Å²) in [6.45, 7) is 4.61. The minimum Gasteiger partial charge on any atom is -0.505 e. The monoisotopic (exact) mass is 714 g/mol. The predicted molar refractivity (Wildman–Crippen MR) is 216 cm³/mol. The van der Waals surface area contributed by atoms with Crippen LogP contribution in [-0.2, 0) is 0 Å². The van der Waals surface area contributed by atoms with Crippen molar-refractivity contribution in [3.05, 3.63) is 145 Å². The number of para-hydroxylation sites is 1.